The van der Waals surface area contributed by atoms with Crippen LogP contribution < -0.4 is 5.56 Å². The van der Waals surface area contributed by atoms with Crippen LogP contribution in [0.1, 0.15) is 30.4 Å². The van der Waals surface area contributed by atoms with Gasteiger partial charge in [0.05, 0.1) is 12.2 Å². The van der Waals surface area contributed by atoms with Crippen LogP contribution in [-0.4, -0.2) is 65.1 Å². The molecule has 36 heavy (non-hydrogen) atoms. The van der Waals surface area contributed by atoms with E-state index >= 15 is 0 Å². The third-order valence-electron chi connectivity index (χ3n) is 6.53. The van der Waals surface area contributed by atoms with E-state index in [9.17, 15) is 18.4 Å². The Morgan fingerprint density at radius 3 is 2.39 bits per heavy atom. The van der Waals surface area contributed by atoms with E-state index in [0.717, 1.165) is 62.8 Å². The van der Waals surface area contributed by atoms with Crippen molar-refractivity contribution in [3.05, 3.63) is 87.7 Å². The van der Waals surface area contributed by atoms with Crippen molar-refractivity contribution < 1.29 is 13.6 Å². The maximum atomic E-state index is 13.6. The standard InChI is InChI=1S/C28H32F2N4O2/c1-32-11-13-33(14-12-32)10-3-2-7-26(35)16-21-5-4-6-22(15-21)20-34-28(36)9-8-27(31-34)23-17-24(29)19-25(30)18-23/h4-6,8-9,15,17-19H,2-3,7,10-14,16,20H2,1H3. The lowest BCUT2D eigenvalue weighted by Gasteiger charge is -2.32. The summed E-state index contributed by atoms with van der Waals surface area (Å²) in [5, 5.41) is 4.30. The molecule has 0 spiro atoms. The van der Waals surface area contributed by atoms with Crippen molar-refractivity contribution >= 4 is 5.78 Å². The molecule has 0 bridgehead atoms. The molecule has 2 aromatic carbocycles. The number of likely N-dealkylation sites (N-methyl/N-ethyl adjacent to an activating group) is 1. The van der Waals surface area contributed by atoms with Gasteiger partial charge in [-0.1, -0.05) is 24.3 Å². The third-order valence-corrected chi connectivity index (χ3v) is 6.53. The van der Waals surface area contributed by atoms with Crippen LogP contribution in [0, 0.1) is 11.6 Å². The Kier molecular flexibility index (Phi) is 8.72. The van der Waals surface area contributed by atoms with Crippen molar-refractivity contribution in [2.75, 3.05) is 39.8 Å². The molecule has 1 aliphatic heterocycles. The molecule has 190 valence electrons. The lowest BCUT2D eigenvalue weighted by atomic mass is 10.0. The molecular formula is C28H32F2N4O2. The Hall–Kier alpha value is -3.23. The first-order valence-electron chi connectivity index (χ1n) is 12.4. The van der Waals surface area contributed by atoms with E-state index in [1.165, 1.54) is 28.9 Å². The van der Waals surface area contributed by atoms with Gasteiger partial charge in [-0.25, -0.2) is 13.5 Å². The molecule has 1 fully saturated rings. The number of benzene rings is 2. The van der Waals surface area contributed by atoms with Gasteiger partial charge in [-0.05, 0) is 55.8 Å². The van der Waals surface area contributed by atoms with Crippen molar-refractivity contribution in [1.29, 1.82) is 0 Å². The van der Waals surface area contributed by atoms with E-state index in [1.807, 2.05) is 24.3 Å². The van der Waals surface area contributed by atoms with Crippen LogP contribution in [-0.2, 0) is 17.8 Å². The van der Waals surface area contributed by atoms with Crippen LogP contribution in [0.2, 0.25) is 0 Å². The summed E-state index contributed by atoms with van der Waals surface area (Å²) < 4.78 is 28.5. The van der Waals surface area contributed by atoms with Gasteiger partial charge in [-0.2, -0.15) is 5.10 Å². The van der Waals surface area contributed by atoms with Gasteiger partial charge in [0.2, 0.25) is 0 Å². The van der Waals surface area contributed by atoms with Crippen molar-refractivity contribution in [2.45, 2.75) is 32.2 Å². The van der Waals surface area contributed by atoms with Crippen LogP contribution >= 0.6 is 0 Å². The Labute approximate surface area is 210 Å². The second-order valence-electron chi connectivity index (χ2n) is 9.51. The molecule has 0 atom stereocenters. The van der Waals surface area contributed by atoms with Crippen LogP contribution in [0.3, 0.4) is 0 Å². The lowest BCUT2D eigenvalue weighted by Crippen LogP contribution is -2.44. The number of unbranched alkanes of at least 4 members (excludes halogenated alkanes) is 1. The average molecular weight is 495 g/mol. The molecule has 2 heterocycles. The smallest absolute Gasteiger partial charge is 0.267 e. The highest BCUT2D eigenvalue weighted by atomic mass is 19.1. The van der Waals surface area contributed by atoms with E-state index in [-0.39, 0.29) is 23.5 Å². The number of ketones is 1. The fourth-order valence-electron chi connectivity index (χ4n) is 4.47. The van der Waals surface area contributed by atoms with Crippen LogP contribution in [0.15, 0.2) is 59.4 Å². The van der Waals surface area contributed by atoms with E-state index in [4.69, 9.17) is 0 Å². The summed E-state index contributed by atoms with van der Waals surface area (Å²) in [6.07, 6.45) is 2.83. The van der Waals surface area contributed by atoms with Gasteiger partial charge in [0, 0.05) is 56.7 Å². The number of carbonyl (C=O) groups excluding carboxylic acids is 1. The molecule has 6 nitrogen and oxygen atoms in total. The molecule has 0 N–H and O–H groups in total. The van der Waals surface area contributed by atoms with Crippen molar-refractivity contribution in [3.63, 3.8) is 0 Å². The minimum Gasteiger partial charge on any atom is -0.304 e. The number of hydrogen-bond acceptors (Lipinski definition) is 5. The Morgan fingerprint density at radius 2 is 1.64 bits per heavy atom. The van der Waals surface area contributed by atoms with E-state index in [1.54, 1.807) is 0 Å². The van der Waals surface area contributed by atoms with Gasteiger partial charge in [-0.3, -0.25) is 9.59 Å². The van der Waals surface area contributed by atoms with Gasteiger partial charge in [0.15, 0.2) is 0 Å². The maximum absolute atomic E-state index is 13.6. The number of Topliss-reactive ketones (excluding diaryl/α,β-unsaturated/α-hetero) is 1. The fraction of sp³-hybridized carbons (Fsp3) is 0.393. The number of carbonyl (C=O) groups is 1. The highest BCUT2D eigenvalue weighted by Gasteiger charge is 2.13. The molecule has 1 aliphatic rings. The molecular weight excluding hydrogens is 462 g/mol. The number of piperazine rings is 1. The number of hydrogen-bond donors (Lipinski definition) is 0. The first-order chi connectivity index (χ1) is 17.4. The average Bonchev–Trinajstić information content (AvgIpc) is 2.84. The predicted molar refractivity (Wildman–Crippen MR) is 136 cm³/mol. The summed E-state index contributed by atoms with van der Waals surface area (Å²) in [6.45, 7) is 5.63. The van der Waals surface area contributed by atoms with Crippen molar-refractivity contribution in [3.8, 4) is 11.3 Å². The van der Waals surface area contributed by atoms with E-state index in [2.05, 4.69) is 21.9 Å². The molecule has 0 radical (unpaired) electrons. The zero-order chi connectivity index (χ0) is 25.5. The molecule has 1 aromatic heterocycles. The molecule has 0 saturated carbocycles. The topological polar surface area (TPSA) is 58.4 Å². The fourth-order valence-corrected chi connectivity index (χ4v) is 4.47. The molecule has 4 rings (SSSR count). The highest BCUT2D eigenvalue weighted by Crippen LogP contribution is 2.19. The third kappa shape index (κ3) is 7.38. The monoisotopic (exact) mass is 494 g/mol. The SMILES string of the molecule is CN1CCN(CCCCC(=O)Cc2cccc(Cn3nc(-c4cc(F)cc(F)c4)ccc3=O)c2)CC1. The minimum absolute atomic E-state index is 0.192. The van der Waals surface area contributed by atoms with Crippen LogP contribution in [0.25, 0.3) is 11.3 Å². The Morgan fingerprint density at radius 1 is 0.917 bits per heavy atom. The summed E-state index contributed by atoms with van der Waals surface area (Å²) in [5.74, 6) is -1.21. The second-order valence-corrected chi connectivity index (χ2v) is 9.51. The zero-order valence-electron chi connectivity index (χ0n) is 20.6. The van der Waals surface area contributed by atoms with Crippen LogP contribution in [0.4, 0.5) is 8.78 Å². The van der Waals surface area contributed by atoms with Gasteiger partial charge in [0.25, 0.3) is 5.56 Å². The minimum atomic E-state index is -0.707. The second kappa shape index (κ2) is 12.1. The summed E-state index contributed by atoms with van der Waals surface area (Å²) in [6, 6.07) is 13.5. The normalized spacial score (nSPS) is 14.8. The molecule has 8 heteroatoms. The highest BCUT2D eigenvalue weighted by molar-refractivity contribution is 5.80. The Balaban J connectivity index is 1.32. The summed E-state index contributed by atoms with van der Waals surface area (Å²) >= 11 is 0. The zero-order valence-corrected chi connectivity index (χ0v) is 20.6. The van der Waals surface area contributed by atoms with E-state index < -0.39 is 11.6 Å². The van der Waals surface area contributed by atoms with Gasteiger partial charge < -0.3 is 9.80 Å². The number of nitrogens with zero attached hydrogens (tertiary/aromatic N) is 4. The number of rotatable bonds is 10. The van der Waals surface area contributed by atoms with Crippen LogP contribution in [0.5, 0.6) is 0 Å². The largest absolute Gasteiger partial charge is 0.304 e. The molecule has 1 saturated heterocycles. The predicted octanol–water partition coefficient (Wildman–Crippen LogP) is 3.77. The molecule has 3 aromatic rings. The van der Waals surface area contributed by atoms with Gasteiger partial charge in [0.1, 0.15) is 17.4 Å². The van der Waals surface area contributed by atoms with Crippen molar-refractivity contribution in [1.82, 2.24) is 19.6 Å². The van der Waals surface area contributed by atoms with E-state index in [0.29, 0.717) is 18.5 Å². The van der Waals surface area contributed by atoms with Crippen molar-refractivity contribution in [2.24, 2.45) is 0 Å². The summed E-state index contributed by atoms with van der Waals surface area (Å²) in [7, 11) is 2.15. The van der Waals surface area contributed by atoms with Gasteiger partial charge >= 0.3 is 0 Å². The lowest BCUT2D eigenvalue weighted by molar-refractivity contribution is -0.118. The molecule has 0 unspecified atom stereocenters. The molecule has 0 amide bonds. The maximum Gasteiger partial charge on any atom is 0.267 e. The van der Waals surface area contributed by atoms with Gasteiger partial charge in [-0.15, -0.1) is 0 Å². The first-order valence-corrected chi connectivity index (χ1v) is 12.4. The quantitative estimate of drug-likeness (QED) is 0.402. The Bertz CT molecular complexity index is 1230. The number of halogens is 2. The number of aromatic nitrogens is 2. The summed E-state index contributed by atoms with van der Waals surface area (Å²) in [5.41, 5.74) is 1.96. The molecule has 0 aliphatic carbocycles. The summed E-state index contributed by atoms with van der Waals surface area (Å²) in [4.78, 5) is 29.7. The first kappa shape index (κ1) is 25.9.